The van der Waals surface area contributed by atoms with Gasteiger partial charge in [0, 0.05) is 67.5 Å². The molecule has 3 saturated carbocycles. The summed E-state index contributed by atoms with van der Waals surface area (Å²) in [4.78, 5) is 111. The van der Waals surface area contributed by atoms with Crippen LogP contribution in [0.15, 0.2) is 54.6 Å². The second-order valence-corrected chi connectivity index (χ2v) is 42.5. The highest BCUT2D eigenvalue weighted by atomic mass is 16.6. The quantitative estimate of drug-likeness (QED) is 0.0198. The van der Waals surface area contributed by atoms with Gasteiger partial charge in [0.05, 0.1) is 121 Å². The molecule has 0 saturated heterocycles. The summed E-state index contributed by atoms with van der Waals surface area (Å²) in [7, 11) is 9.67. The third-order valence-corrected chi connectivity index (χ3v) is 25.4. The van der Waals surface area contributed by atoms with E-state index in [2.05, 4.69) is 103 Å². The number of benzene rings is 2. The molecule has 2 aromatic rings. The highest BCUT2D eigenvalue weighted by Crippen LogP contribution is 2.41. The monoisotopic (exact) mass is 2090 g/mol. The van der Waals surface area contributed by atoms with Crippen LogP contribution in [0.25, 0.3) is 0 Å². The molecule has 2 aromatic carbocycles. The molecule has 0 heterocycles. The van der Waals surface area contributed by atoms with Gasteiger partial charge in [-0.1, -0.05) is 116 Å². The number of esters is 9. The van der Waals surface area contributed by atoms with Gasteiger partial charge >= 0.3 is 53.7 Å². The van der Waals surface area contributed by atoms with Crippen molar-refractivity contribution in [1.82, 2.24) is 0 Å². The van der Waals surface area contributed by atoms with Crippen molar-refractivity contribution in [3.8, 4) is 5.75 Å². The van der Waals surface area contributed by atoms with Crippen LogP contribution in [0.2, 0.25) is 0 Å². The molecule has 9 N–H and O–H groups in total. The minimum Gasteiger partial charge on any atom is -0.491 e. The lowest BCUT2D eigenvalue weighted by Crippen LogP contribution is -3.13. The molecule has 3 fully saturated rings. The molecule has 0 amide bonds. The van der Waals surface area contributed by atoms with E-state index in [1.54, 1.807) is 83.6 Å². The van der Waals surface area contributed by atoms with Crippen LogP contribution in [-0.4, -0.2) is 392 Å². The summed E-state index contributed by atoms with van der Waals surface area (Å²) in [6, 6.07) is 19.1. The Morgan fingerprint density at radius 2 is 0.575 bits per heavy atom. The molecular formula is C110H208N7O29+7. The number of carbonyl (C=O) groups excluding carboxylic acids is 9. The number of hydrogen-bond acceptors (Lipinski definition) is 29. The van der Waals surface area contributed by atoms with Crippen LogP contribution in [0.3, 0.4) is 0 Å². The van der Waals surface area contributed by atoms with Gasteiger partial charge < -0.3 is 130 Å². The molecule has 0 bridgehead atoms. The molecule has 0 aromatic heterocycles. The predicted octanol–water partition coefficient (Wildman–Crippen LogP) is 3.59. The lowest BCUT2D eigenvalue weighted by molar-refractivity contribution is -0.904. The predicted molar refractivity (Wildman–Crippen MR) is 562 cm³/mol. The van der Waals surface area contributed by atoms with E-state index in [9.17, 15) is 43.2 Å². The van der Waals surface area contributed by atoms with E-state index in [1.807, 2.05) is 20.8 Å². The maximum atomic E-state index is 12.2. The van der Waals surface area contributed by atoms with Gasteiger partial charge in [-0.15, -0.1) is 0 Å². The Hall–Kier alpha value is -7.21. The first kappa shape index (κ1) is 141. The molecule has 0 radical (unpaired) electrons. The Kier molecular flexibility index (Phi) is 82.3. The number of methoxy groups -OCH3 is 3. The molecule has 0 unspecified atom stereocenters. The van der Waals surface area contributed by atoms with E-state index in [0.29, 0.717) is 112 Å². The number of nitrogens with zero attached hydrogens (tertiary/aromatic N) is 1. The first-order chi connectivity index (χ1) is 69.1. The van der Waals surface area contributed by atoms with Gasteiger partial charge in [-0.3, -0.25) is 43.2 Å². The number of rotatable bonds is 67. The summed E-state index contributed by atoms with van der Waals surface area (Å²) >= 11 is 0. The number of aliphatic hydroxyl groups excluding tert-OH is 3. The van der Waals surface area contributed by atoms with Crippen LogP contribution in [0.5, 0.6) is 5.75 Å². The van der Waals surface area contributed by atoms with Crippen molar-refractivity contribution in [3.63, 3.8) is 0 Å². The fourth-order valence-corrected chi connectivity index (χ4v) is 15.0. The molecule has 146 heavy (non-hydrogen) atoms. The summed E-state index contributed by atoms with van der Waals surface area (Å²) < 4.78 is 90.8. The van der Waals surface area contributed by atoms with Crippen LogP contribution in [0, 0.1) is 39.4 Å². The third kappa shape index (κ3) is 76.3. The minimum atomic E-state index is -0.551. The van der Waals surface area contributed by atoms with Crippen molar-refractivity contribution in [2.24, 2.45) is 39.4 Å². The third-order valence-electron chi connectivity index (χ3n) is 25.4. The number of ether oxygens (including phenoxy) is 17. The summed E-state index contributed by atoms with van der Waals surface area (Å²) in [5, 5.41) is 25.5. The molecular weight excluding hydrogens is 1880 g/mol. The van der Waals surface area contributed by atoms with Crippen molar-refractivity contribution in [2.45, 2.75) is 227 Å². The van der Waals surface area contributed by atoms with E-state index in [1.165, 1.54) is 41.7 Å². The number of aliphatic hydroxyl groups is 3. The minimum absolute atomic E-state index is 0.0585. The average molecular weight is 2090 g/mol. The van der Waals surface area contributed by atoms with Crippen LogP contribution >= 0.6 is 0 Å². The SMILES string of the molecule is CC(=O)OCC[NH+](CCOC(C)=O)CCOC(C)=O.CC(C)(C)C(=O)OCC[NH+](CCOC(=O)C(C)(C)C)CCOC(=O)C(C)(C)C.CC(C)(C)C(C)(C)c1ccc(OCCOCC[N+](C)(C)Cc2ccccc2)cc1.CCOCC[NH+](CCOCC)CCOCC.COCC[NH+](CCOC)CCOC.O=C(OCC[NH+](CCOC(=O)C1CCCC1)CCOC(=O)C1CCCC1)C1CCCC1.OCC[NH+](CCO)CCO. The fourth-order valence-electron chi connectivity index (χ4n) is 15.0. The second kappa shape index (κ2) is 85.4. The maximum Gasteiger partial charge on any atom is 0.311 e. The zero-order valence-electron chi connectivity index (χ0n) is 95.4. The van der Waals surface area contributed by atoms with E-state index in [4.69, 9.17) is 95.8 Å². The van der Waals surface area contributed by atoms with E-state index in [0.717, 1.165) is 225 Å². The molecule has 3 aliphatic carbocycles. The summed E-state index contributed by atoms with van der Waals surface area (Å²) in [6.07, 6.45) is 12.2. The fraction of sp³-hybridized carbons (Fsp3) is 0.809. The second-order valence-electron chi connectivity index (χ2n) is 42.5. The lowest BCUT2D eigenvalue weighted by atomic mass is 9.65. The Bertz CT molecular complexity index is 3340. The molecule has 0 spiro atoms. The summed E-state index contributed by atoms with van der Waals surface area (Å²) in [6.45, 7) is 65.1. The normalized spacial score (nSPS) is 13.6. The average Bonchev–Trinajstić information content (AvgIpc) is 0.865. The Morgan fingerprint density at radius 1 is 0.315 bits per heavy atom. The van der Waals surface area contributed by atoms with E-state index in [-0.39, 0.29) is 142 Å². The zero-order valence-corrected chi connectivity index (χ0v) is 95.4. The molecule has 36 heteroatoms. The number of nitrogens with one attached hydrogen (secondary N) is 6. The van der Waals surface area contributed by atoms with E-state index < -0.39 is 16.2 Å². The Labute approximate surface area is 879 Å². The van der Waals surface area contributed by atoms with Gasteiger partial charge in [-0.25, -0.2) is 0 Å². The van der Waals surface area contributed by atoms with Crippen LogP contribution < -0.4 is 34.1 Å². The van der Waals surface area contributed by atoms with Gasteiger partial charge in [0.15, 0.2) is 0 Å². The van der Waals surface area contributed by atoms with Gasteiger partial charge in [0.2, 0.25) is 0 Å². The van der Waals surface area contributed by atoms with Crippen molar-refractivity contribution in [3.05, 3.63) is 65.7 Å². The highest BCUT2D eigenvalue weighted by Gasteiger charge is 2.35. The largest absolute Gasteiger partial charge is 0.491 e. The molecule has 850 valence electrons. The first-order valence-corrected chi connectivity index (χ1v) is 53.8. The molecule has 36 nitrogen and oxygen atoms in total. The van der Waals surface area contributed by atoms with Crippen LogP contribution in [0.4, 0.5) is 0 Å². The molecule has 5 rings (SSSR count). The standard InChI is InChI=1S/C26H40NO2.C24H39NO6.C21H39NO6.C12H21NO6.C12H27NO3.C9H21NO3.C6H15NO3/c1-25(2,3)26(4,5)23-13-15-24(16-14-23)29-20-19-28-18-17-27(6,7)21-22-11-9-8-10-12-22;26-22(19-7-1-2-8-19)29-16-13-25(14-17-30-23(27)20-9-3-4-10-20)15-18-31-24(28)21-11-5-6-12-21;1-19(2,3)16(23)26-13-10-22(11-14-27-17(24)20(4,5)6)12-15-28-18(25)21(7,8)9;1-10(14)17-7-4-13(5-8-18-11(2)15)6-9-19-12(3)16;1-4-14-10-7-13(8-11-15-5-2)9-12-16-6-3;1-11-7-4-10(5-8-12-2)6-9-13-3;8-4-1-7(2-5-9)3-6-10/h8-16H,17-21H2,1-7H3;19-21H,1-18H2;10-15H2,1-9H3;4-9H2,1-3H3;4-12H2,1-3H3;4-9H2,1-3H3;8-10H,1-6H2/q+1;;;;;;/p+6. The highest BCUT2D eigenvalue weighted by molar-refractivity contribution is 5.77. The zero-order chi connectivity index (χ0) is 110. The smallest absolute Gasteiger partial charge is 0.311 e. The number of hydrogen-bond donors (Lipinski definition) is 9. The van der Waals surface area contributed by atoms with E-state index >= 15 is 0 Å². The van der Waals surface area contributed by atoms with Gasteiger partial charge in [0.1, 0.15) is 203 Å². The summed E-state index contributed by atoms with van der Waals surface area (Å²) in [5.41, 5.74) is 1.36. The topological polar surface area (TPSA) is 398 Å². The Balaban J connectivity index is 0. The van der Waals surface area contributed by atoms with Crippen molar-refractivity contribution < 1.29 is 173 Å². The number of carbonyl (C=O) groups is 9. The van der Waals surface area contributed by atoms with Crippen molar-refractivity contribution >= 4 is 53.7 Å². The molecule has 0 atom stereocenters. The van der Waals surface area contributed by atoms with Crippen molar-refractivity contribution in [1.29, 1.82) is 0 Å². The van der Waals surface area contributed by atoms with Gasteiger partial charge in [-0.05, 0) is 150 Å². The van der Waals surface area contributed by atoms with Gasteiger partial charge in [0.25, 0.3) is 0 Å². The first-order valence-electron chi connectivity index (χ1n) is 53.8. The molecule has 0 aliphatic heterocycles. The Morgan fingerprint density at radius 3 is 0.829 bits per heavy atom. The van der Waals surface area contributed by atoms with Crippen LogP contribution in [0.1, 0.15) is 227 Å². The molecule has 3 aliphatic rings. The number of quaternary nitrogens is 7. The number of likely N-dealkylation sites (N-methyl/N-ethyl adjacent to an activating group) is 1. The van der Waals surface area contributed by atoms with Crippen LogP contribution in [-0.2, 0) is 131 Å². The maximum absolute atomic E-state index is 12.2. The summed E-state index contributed by atoms with van der Waals surface area (Å²) in [5.74, 6) is -0.957. The lowest BCUT2D eigenvalue weighted by Gasteiger charge is -2.39. The van der Waals surface area contributed by atoms with Crippen molar-refractivity contribution in [2.75, 3.05) is 318 Å². The van der Waals surface area contributed by atoms with Gasteiger partial charge in [-0.2, -0.15) is 0 Å².